The highest BCUT2D eigenvalue weighted by Gasteiger charge is 2.06. The van der Waals surface area contributed by atoms with E-state index in [2.05, 4.69) is 16.1 Å². The molecule has 1 rings (SSSR count). The van der Waals surface area contributed by atoms with Gasteiger partial charge in [-0.05, 0) is 37.1 Å². The van der Waals surface area contributed by atoms with E-state index in [1.54, 1.807) is 0 Å². The first kappa shape index (κ1) is 17.9. The molecule has 0 aliphatic rings. The monoisotopic (exact) mass is 316 g/mol. The molecule has 0 aromatic heterocycles. The number of hydrogen-bond donors (Lipinski definition) is 3. The summed E-state index contributed by atoms with van der Waals surface area (Å²) in [5.74, 6) is 0.741. The Bertz CT molecular complexity index is 526. The lowest BCUT2D eigenvalue weighted by Crippen LogP contribution is -2.36. The number of benzene rings is 1. The van der Waals surface area contributed by atoms with E-state index >= 15 is 0 Å². The van der Waals surface area contributed by atoms with E-state index in [1.165, 1.54) is 0 Å². The van der Waals surface area contributed by atoms with Crippen LogP contribution in [0.3, 0.4) is 0 Å². The summed E-state index contributed by atoms with van der Waals surface area (Å²) in [6.07, 6.45) is 0.462. The van der Waals surface area contributed by atoms with Crippen molar-refractivity contribution in [2.24, 2.45) is 0 Å². The number of aliphatic hydroxyl groups excluding tert-OH is 1. The average Bonchev–Trinajstić information content (AvgIpc) is 2.33. The first-order chi connectivity index (χ1) is 9.76. The molecule has 0 aliphatic heterocycles. The van der Waals surface area contributed by atoms with E-state index in [0.29, 0.717) is 19.6 Å². The SMILES string of the molecule is Cc1cc(C)cc(OCC(O)CNCCNS(C)(=O)=O)c1. The largest absolute Gasteiger partial charge is 0.491 e. The van der Waals surface area contributed by atoms with Gasteiger partial charge in [0.2, 0.25) is 10.0 Å². The van der Waals surface area contributed by atoms with Gasteiger partial charge in [-0.15, -0.1) is 0 Å². The van der Waals surface area contributed by atoms with Crippen LogP contribution in [0.2, 0.25) is 0 Å². The molecule has 6 nitrogen and oxygen atoms in total. The van der Waals surface area contributed by atoms with Crippen molar-refractivity contribution >= 4 is 10.0 Å². The van der Waals surface area contributed by atoms with Gasteiger partial charge in [0.25, 0.3) is 0 Å². The van der Waals surface area contributed by atoms with E-state index in [9.17, 15) is 13.5 Å². The lowest BCUT2D eigenvalue weighted by atomic mass is 10.1. The van der Waals surface area contributed by atoms with Crippen LogP contribution in [-0.4, -0.2) is 52.1 Å². The normalized spacial score (nSPS) is 13.1. The van der Waals surface area contributed by atoms with Gasteiger partial charge in [0.05, 0.1) is 6.26 Å². The quantitative estimate of drug-likeness (QED) is 0.566. The smallest absolute Gasteiger partial charge is 0.208 e. The molecule has 0 saturated heterocycles. The summed E-state index contributed by atoms with van der Waals surface area (Å²) >= 11 is 0. The molecule has 120 valence electrons. The Kier molecular flexibility index (Phi) is 7.10. The maximum atomic E-state index is 10.8. The third-order valence-electron chi connectivity index (χ3n) is 2.68. The van der Waals surface area contributed by atoms with Gasteiger partial charge in [0, 0.05) is 19.6 Å². The summed E-state index contributed by atoms with van der Waals surface area (Å²) in [4.78, 5) is 0. The fourth-order valence-corrected chi connectivity index (χ4v) is 2.33. The van der Waals surface area contributed by atoms with Crippen molar-refractivity contribution in [2.45, 2.75) is 20.0 Å². The van der Waals surface area contributed by atoms with Crippen molar-refractivity contribution in [1.82, 2.24) is 10.0 Å². The number of rotatable bonds is 9. The second-order valence-corrected chi connectivity index (χ2v) is 6.99. The van der Waals surface area contributed by atoms with Crippen LogP contribution in [-0.2, 0) is 10.0 Å². The molecule has 0 heterocycles. The summed E-state index contributed by atoms with van der Waals surface area (Å²) in [6.45, 7) is 5.27. The Morgan fingerprint density at radius 2 is 1.81 bits per heavy atom. The maximum Gasteiger partial charge on any atom is 0.208 e. The summed E-state index contributed by atoms with van der Waals surface area (Å²) in [6, 6.07) is 5.89. The molecule has 1 aromatic carbocycles. The second kappa shape index (κ2) is 8.33. The molecule has 0 radical (unpaired) electrons. The molecule has 0 spiro atoms. The fourth-order valence-electron chi connectivity index (χ4n) is 1.86. The third-order valence-corrected chi connectivity index (χ3v) is 3.41. The number of sulfonamides is 1. The van der Waals surface area contributed by atoms with Gasteiger partial charge < -0.3 is 15.2 Å². The molecule has 7 heteroatoms. The standard InChI is InChI=1S/C14H24N2O4S/c1-11-6-12(2)8-14(7-11)20-10-13(17)9-15-4-5-16-21(3,18)19/h6-8,13,15-17H,4-5,9-10H2,1-3H3. The predicted octanol–water partition coefficient (Wildman–Crippen LogP) is 0.182. The summed E-state index contributed by atoms with van der Waals surface area (Å²) in [5, 5.41) is 12.7. The number of aliphatic hydroxyl groups is 1. The topological polar surface area (TPSA) is 87.7 Å². The molecule has 1 unspecified atom stereocenters. The fraction of sp³-hybridized carbons (Fsp3) is 0.571. The van der Waals surface area contributed by atoms with Crippen LogP contribution < -0.4 is 14.8 Å². The van der Waals surface area contributed by atoms with Gasteiger partial charge in [0.15, 0.2) is 0 Å². The van der Waals surface area contributed by atoms with Crippen molar-refractivity contribution in [2.75, 3.05) is 32.5 Å². The highest BCUT2D eigenvalue weighted by Crippen LogP contribution is 2.16. The minimum absolute atomic E-state index is 0.190. The molecule has 1 aromatic rings. The van der Waals surface area contributed by atoms with E-state index < -0.39 is 16.1 Å². The van der Waals surface area contributed by atoms with E-state index in [4.69, 9.17) is 4.74 Å². The molecular weight excluding hydrogens is 292 g/mol. The Hall–Kier alpha value is -1.15. The highest BCUT2D eigenvalue weighted by molar-refractivity contribution is 7.88. The van der Waals surface area contributed by atoms with Crippen molar-refractivity contribution < 1.29 is 18.3 Å². The lowest BCUT2D eigenvalue weighted by molar-refractivity contribution is 0.106. The third kappa shape index (κ3) is 8.67. The van der Waals surface area contributed by atoms with Crippen LogP contribution in [0, 0.1) is 13.8 Å². The van der Waals surface area contributed by atoms with Gasteiger partial charge in [-0.2, -0.15) is 0 Å². The zero-order chi connectivity index (χ0) is 15.9. The van der Waals surface area contributed by atoms with Crippen LogP contribution in [0.15, 0.2) is 18.2 Å². The highest BCUT2D eigenvalue weighted by atomic mass is 32.2. The summed E-state index contributed by atoms with van der Waals surface area (Å²) in [5.41, 5.74) is 2.23. The molecule has 0 amide bonds. The van der Waals surface area contributed by atoms with E-state index in [-0.39, 0.29) is 6.61 Å². The zero-order valence-electron chi connectivity index (χ0n) is 12.7. The number of hydrogen-bond acceptors (Lipinski definition) is 5. The van der Waals surface area contributed by atoms with Crippen LogP contribution >= 0.6 is 0 Å². The number of aryl methyl sites for hydroxylation is 2. The molecule has 1 atom stereocenters. The maximum absolute atomic E-state index is 10.8. The Labute approximate surface area is 126 Å². The van der Waals surface area contributed by atoms with Gasteiger partial charge in [0.1, 0.15) is 18.5 Å². The first-order valence-electron chi connectivity index (χ1n) is 6.81. The Morgan fingerprint density at radius 1 is 1.19 bits per heavy atom. The molecule has 3 N–H and O–H groups in total. The summed E-state index contributed by atoms with van der Waals surface area (Å²) < 4.78 is 29.6. The predicted molar refractivity (Wildman–Crippen MR) is 83.1 cm³/mol. The van der Waals surface area contributed by atoms with E-state index in [0.717, 1.165) is 23.1 Å². The number of ether oxygens (including phenoxy) is 1. The molecule has 21 heavy (non-hydrogen) atoms. The van der Waals surface area contributed by atoms with Crippen LogP contribution in [0.4, 0.5) is 0 Å². The van der Waals surface area contributed by atoms with Crippen LogP contribution in [0.5, 0.6) is 5.75 Å². The van der Waals surface area contributed by atoms with Gasteiger partial charge >= 0.3 is 0 Å². The van der Waals surface area contributed by atoms with Crippen LogP contribution in [0.25, 0.3) is 0 Å². The molecular formula is C14H24N2O4S. The van der Waals surface area contributed by atoms with Crippen molar-refractivity contribution in [3.63, 3.8) is 0 Å². The van der Waals surface area contributed by atoms with Crippen molar-refractivity contribution in [1.29, 1.82) is 0 Å². The molecule has 0 fully saturated rings. The second-order valence-electron chi connectivity index (χ2n) is 5.16. The lowest BCUT2D eigenvalue weighted by Gasteiger charge is -2.14. The van der Waals surface area contributed by atoms with Crippen LogP contribution in [0.1, 0.15) is 11.1 Å². The minimum Gasteiger partial charge on any atom is -0.491 e. The minimum atomic E-state index is -3.16. The van der Waals surface area contributed by atoms with Gasteiger partial charge in [-0.25, -0.2) is 13.1 Å². The van der Waals surface area contributed by atoms with Crippen molar-refractivity contribution in [3.05, 3.63) is 29.3 Å². The Balaban J connectivity index is 2.20. The Morgan fingerprint density at radius 3 is 2.38 bits per heavy atom. The zero-order valence-corrected chi connectivity index (χ0v) is 13.5. The van der Waals surface area contributed by atoms with Crippen molar-refractivity contribution in [3.8, 4) is 5.75 Å². The van der Waals surface area contributed by atoms with Gasteiger partial charge in [-0.1, -0.05) is 6.07 Å². The molecule has 0 aliphatic carbocycles. The molecule has 0 bridgehead atoms. The summed E-state index contributed by atoms with van der Waals surface area (Å²) in [7, 11) is -3.16. The average molecular weight is 316 g/mol. The first-order valence-corrected chi connectivity index (χ1v) is 8.70. The molecule has 0 saturated carbocycles. The van der Waals surface area contributed by atoms with Gasteiger partial charge in [-0.3, -0.25) is 0 Å². The number of nitrogens with one attached hydrogen (secondary N) is 2. The van der Waals surface area contributed by atoms with E-state index in [1.807, 2.05) is 26.0 Å².